The molecule has 0 spiro atoms. The van der Waals surface area contributed by atoms with Gasteiger partial charge in [-0.2, -0.15) is 0 Å². The third kappa shape index (κ3) is 2.77. The first-order valence-corrected chi connectivity index (χ1v) is 9.43. The fraction of sp³-hybridized carbons (Fsp3) is 0.211. The van der Waals surface area contributed by atoms with Crippen molar-refractivity contribution in [2.75, 3.05) is 11.6 Å². The van der Waals surface area contributed by atoms with E-state index in [1.54, 1.807) is 6.92 Å². The summed E-state index contributed by atoms with van der Waals surface area (Å²) in [7, 11) is 0. The predicted molar refractivity (Wildman–Crippen MR) is 105 cm³/mol. The number of rotatable bonds is 1. The summed E-state index contributed by atoms with van der Waals surface area (Å²) in [5, 5.41) is 0.955. The SMILES string of the molecule is Cc1c(C)c2ccc3c(c2oc1=O)CN(c1ccc(Br)cc1Br)CO3. The van der Waals surface area contributed by atoms with E-state index in [-0.39, 0.29) is 5.63 Å². The van der Waals surface area contributed by atoms with Gasteiger partial charge in [0.05, 0.1) is 17.8 Å². The van der Waals surface area contributed by atoms with Crippen LogP contribution in [0, 0.1) is 13.8 Å². The maximum atomic E-state index is 12.1. The quantitative estimate of drug-likeness (QED) is 0.459. The predicted octanol–water partition coefficient (Wildman–Crippen LogP) is 5.29. The largest absolute Gasteiger partial charge is 0.473 e. The molecular weight excluding hydrogens is 450 g/mol. The molecule has 1 aliphatic rings. The van der Waals surface area contributed by atoms with Crippen LogP contribution in [0.2, 0.25) is 0 Å². The standard InChI is InChI=1S/C19H15Br2NO3/c1-10-11(2)19(23)25-18-13(10)4-6-17-14(18)8-22(9-24-17)16-5-3-12(20)7-15(16)21/h3-7H,8-9H2,1-2H3. The van der Waals surface area contributed by atoms with Crippen LogP contribution in [0.5, 0.6) is 5.75 Å². The minimum atomic E-state index is -0.291. The zero-order valence-corrected chi connectivity index (χ0v) is 16.9. The van der Waals surface area contributed by atoms with Crippen LogP contribution in [0.3, 0.4) is 0 Å². The Balaban J connectivity index is 1.86. The minimum absolute atomic E-state index is 0.291. The second-order valence-corrected chi connectivity index (χ2v) is 7.90. The molecular formula is C19H15Br2NO3. The number of nitrogens with zero attached hydrogens (tertiary/aromatic N) is 1. The third-order valence-electron chi connectivity index (χ3n) is 4.66. The van der Waals surface area contributed by atoms with Crippen molar-refractivity contribution in [3.05, 3.63) is 66.4 Å². The maximum Gasteiger partial charge on any atom is 0.339 e. The summed E-state index contributed by atoms with van der Waals surface area (Å²) in [5.74, 6) is 0.767. The van der Waals surface area contributed by atoms with E-state index in [1.807, 2.05) is 37.3 Å². The lowest BCUT2D eigenvalue weighted by atomic mass is 10.0. The van der Waals surface area contributed by atoms with Gasteiger partial charge in [-0.05, 0) is 65.7 Å². The molecule has 2 aromatic carbocycles. The van der Waals surface area contributed by atoms with Gasteiger partial charge in [0, 0.05) is 19.9 Å². The van der Waals surface area contributed by atoms with E-state index in [2.05, 4.69) is 36.8 Å². The lowest BCUT2D eigenvalue weighted by Crippen LogP contribution is -2.32. The van der Waals surface area contributed by atoms with Crippen LogP contribution in [-0.4, -0.2) is 6.73 Å². The van der Waals surface area contributed by atoms with Crippen molar-refractivity contribution in [1.82, 2.24) is 0 Å². The van der Waals surface area contributed by atoms with Crippen molar-refractivity contribution in [3.8, 4) is 5.75 Å². The van der Waals surface area contributed by atoms with Gasteiger partial charge in [0.1, 0.15) is 11.3 Å². The number of anilines is 1. The van der Waals surface area contributed by atoms with Crippen LogP contribution in [0.15, 0.2) is 48.5 Å². The van der Waals surface area contributed by atoms with Crippen molar-refractivity contribution in [2.24, 2.45) is 0 Å². The first-order chi connectivity index (χ1) is 12.0. The molecule has 0 unspecified atom stereocenters. The van der Waals surface area contributed by atoms with Crippen molar-refractivity contribution >= 4 is 48.5 Å². The Morgan fingerprint density at radius 3 is 2.64 bits per heavy atom. The van der Waals surface area contributed by atoms with Crippen LogP contribution < -0.4 is 15.3 Å². The Labute approximate surface area is 161 Å². The molecule has 2 heterocycles. The molecule has 0 atom stereocenters. The summed E-state index contributed by atoms with van der Waals surface area (Å²) < 4.78 is 13.5. The van der Waals surface area contributed by atoms with E-state index < -0.39 is 0 Å². The number of ether oxygens (including phenoxy) is 1. The van der Waals surface area contributed by atoms with Gasteiger partial charge in [-0.25, -0.2) is 4.79 Å². The van der Waals surface area contributed by atoms with Crippen molar-refractivity contribution in [3.63, 3.8) is 0 Å². The highest BCUT2D eigenvalue weighted by Crippen LogP contribution is 2.37. The Morgan fingerprint density at radius 1 is 1.08 bits per heavy atom. The van der Waals surface area contributed by atoms with E-state index in [9.17, 15) is 4.79 Å². The first kappa shape index (κ1) is 16.7. The van der Waals surface area contributed by atoms with Crippen LogP contribution in [0.25, 0.3) is 11.0 Å². The topological polar surface area (TPSA) is 42.7 Å². The van der Waals surface area contributed by atoms with E-state index in [4.69, 9.17) is 9.15 Å². The fourth-order valence-electron chi connectivity index (χ4n) is 3.11. The van der Waals surface area contributed by atoms with E-state index >= 15 is 0 Å². The number of hydrogen-bond acceptors (Lipinski definition) is 4. The molecule has 0 aliphatic carbocycles. The van der Waals surface area contributed by atoms with Gasteiger partial charge in [0.2, 0.25) is 0 Å². The zero-order valence-electron chi connectivity index (χ0n) is 13.7. The highest BCUT2D eigenvalue weighted by atomic mass is 79.9. The summed E-state index contributed by atoms with van der Waals surface area (Å²) in [6.07, 6.45) is 0. The number of benzene rings is 2. The fourth-order valence-corrected chi connectivity index (χ4v) is 4.41. The number of aryl methyl sites for hydroxylation is 1. The second kappa shape index (κ2) is 6.18. The second-order valence-electron chi connectivity index (χ2n) is 6.13. The number of hydrogen-bond donors (Lipinski definition) is 0. The van der Waals surface area contributed by atoms with Gasteiger partial charge in [-0.15, -0.1) is 0 Å². The Morgan fingerprint density at radius 2 is 1.88 bits per heavy atom. The maximum absolute atomic E-state index is 12.1. The van der Waals surface area contributed by atoms with E-state index in [0.717, 1.165) is 36.9 Å². The van der Waals surface area contributed by atoms with Crippen molar-refractivity contribution in [2.45, 2.75) is 20.4 Å². The summed E-state index contributed by atoms with van der Waals surface area (Å²) in [6.45, 7) is 4.79. The molecule has 0 amide bonds. The molecule has 4 nitrogen and oxygen atoms in total. The third-order valence-corrected chi connectivity index (χ3v) is 5.79. The van der Waals surface area contributed by atoms with Gasteiger partial charge in [0.25, 0.3) is 0 Å². The number of fused-ring (bicyclic) bond motifs is 3. The average Bonchev–Trinajstić information content (AvgIpc) is 2.59. The smallest absolute Gasteiger partial charge is 0.339 e. The summed E-state index contributed by atoms with van der Waals surface area (Å²) in [4.78, 5) is 14.3. The van der Waals surface area contributed by atoms with Crippen molar-refractivity contribution in [1.29, 1.82) is 0 Å². The van der Waals surface area contributed by atoms with Crippen LogP contribution in [-0.2, 0) is 6.54 Å². The zero-order chi connectivity index (χ0) is 17.7. The van der Waals surface area contributed by atoms with E-state index in [0.29, 0.717) is 24.4 Å². The lowest BCUT2D eigenvalue weighted by molar-refractivity contribution is 0.289. The molecule has 0 radical (unpaired) electrons. The molecule has 3 aromatic rings. The summed E-state index contributed by atoms with van der Waals surface area (Å²) in [6, 6.07) is 9.94. The minimum Gasteiger partial charge on any atom is -0.473 e. The molecule has 0 N–H and O–H groups in total. The van der Waals surface area contributed by atoms with Gasteiger partial charge in [-0.1, -0.05) is 15.9 Å². The molecule has 0 saturated carbocycles. The van der Waals surface area contributed by atoms with E-state index in [1.165, 1.54) is 0 Å². The molecule has 4 rings (SSSR count). The molecule has 25 heavy (non-hydrogen) atoms. The molecule has 0 fully saturated rings. The van der Waals surface area contributed by atoms with Crippen LogP contribution in [0.4, 0.5) is 5.69 Å². The van der Waals surface area contributed by atoms with Gasteiger partial charge in [-0.3, -0.25) is 0 Å². The van der Waals surface area contributed by atoms with Crippen LogP contribution in [0.1, 0.15) is 16.7 Å². The molecule has 1 aromatic heterocycles. The van der Waals surface area contributed by atoms with Gasteiger partial charge < -0.3 is 14.1 Å². The highest BCUT2D eigenvalue weighted by Gasteiger charge is 2.24. The van der Waals surface area contributed by atoms with Crippen molar-refractivity contribution < 1.29 is 9.15 Å². The lowest BCUT2D eigenvalue weighted by Gasteiger charge is -2.31. The Kier molecular flexibility index (Phi) is 4.12. The molecule has 6 heteroatoms. The highest BCUT2D eigenvalue weighted by molar-refractivity contribution is 9.11. The van der Waals surface area contributed by atoms with Crippen LogP contribution >= 0.6 is 31.9 Å². The Hall–Kier alpha value is -1.79. The molecule has 0 bridgehead atoms. The van der Waals surface area contributed by atoms with Gasteiger partial charge in [0.15, 0.2) is 6.73 Å². The normalized spacial score (nSPS) is 13.7. The molecule has 1 aliphatic heterocycles. The average molecular weight is 465 g/mol. The van der Waals surface area contributed by atoms with Gasteiger partial charge >= 0.3 is 5.63 Å². The summed E-state index contributed by atoms with van der Waals surface area (Å²) >= 11 is 7.08. The summed E-state index contributed by atoms with van der Waals surface area (Å²) in [5.41, 5.74) is 3.85. The Bertz CT molecular complexity index is 1060. The first-order valence-electron chi connectivity index (χ1n) is 7.84. The molecule has 0 saturated heterocycles. The molecule has 128 valence electrons. The number of halogens is 2. The monoisotopic (exact) mass is 463 g/mol.